The first-order valence-electron chi connectivity index (χ1n) is 6.17. The number of carbonyl (C=O) groups excluding carboxylic acids is 1. The molecule has 0 radical (unpaired) electrons. The Morgan fingerprint density at radius 1 is 1.37 bits per heavy atom. The third-order valence-electron chi connectivity index (χ3n) is 3.37. The van der Waals surface area contributed by atoms with Gasteiger partial charge in [0, 0.05) is 44.4 Å². The summed E-state index contributed by atoms with van der Waals surface area (Å²) in [5.41, 5.74) is 7.24. The van der Waals surface area contributed by atoms with E-state index in [1.807, 2.05) is 4.90 Å². The minimum atomic E-state index is -2.58. The topological polar surface area (TPSA) is 58.4 Å². The SMILES string of the molecule is CNC(=O)c1cc(N2CCC(F)(F)CC2)ccc1N. The van der Waals surface area contributed by atoms with Crippen molar-refractivity contribution in [3.05, 3.63) is 23.8 Å². The first-order valence-corrected chi connectivity index (χ1v) is 6.17. The lowest BCUT2D eigenvalue weighted by Crippen LogP contribution is -2.39. The zero-order valence-corrected chi connectivity index (χ0v) is 10.7. The van der Waals surface area contributed by atoms with Gasteiger partial charge in [0.1, 0.15) is 0 Å². The number of carbonyl (C=O) groups is 1. The molecule has 0 spiro atoms. The average Bonchev–Trinajstić information content (AvgIpc) is 2.39. The molecule has 2 rings (SSSR count). The van der Waals surface area contributed by atoms with Crippen molar-refractivity contribution in [3.8, 4) is 0 Å². The van der Waals surface area contributed by atoms with Crippen LogP contribution in [0.5, 0.6) is 0 Å². The molecule has 0 aliphatic carbocycles. The Morgan fingerprint density at radius 3 is 2.58 bits per heavy atom. The summed E-state index contributed by atoms with van der Waals surface area (Å²) in [6, 6.07) is 5.04. The monoisotopic (exact) mass is 269 g/mol. The van der Waals surface area contributed by atoms with Crippen molar-refractivity contribution < 1.29 is 13.6 Å². The van der Waals surface area contributed by atoms with Gasteiger partial charge in [-0.1, -0.05) is 0 Å². The van der Waals surface area contributed by atoms with Crippen LogP contribution in [0.25, 0.3) is 0 Å². The molecule has 1 aliphatic heterocycles. The van der Waals surface area contributed by atoms with Crippen LogP contribution < -0.4 is 16.0 Å². The van der Waals surface area contributed by atoms with Crippen molar-refractivity contribution in [3.63, 3.8) is 0 Å². The number of nitrogens with zero attached hydrogens (tertiary/aromatic N) is 1. The molecule has 3 N–H and O–H groups in total. The lowest BCUT2D eigenvalue weighted by atomic mass is 10.0. The number of hydrogen-bond acceptors (Lipinski definition) is 3. The third-order valence-corrected chi connectivity index (χ3v) is 3.37. The fourth-order valence-corrected chi connectivity index (χ4v) is 2.16. The van der Waals surface area contributed by atoms with Crippen LogP contribution >= 0.6 is 0 Å². The average molecular weight is 269 g/mol. The standard InChI is InChI=1S/C13H17F2N3O/c1-17-12(19)10-8-9(2-3-11(10)16)18-6-4-13(14,15)5-7-18/h2-3,8H,4-7,16H2,1H3,(H,17,19). The second kappa shape index (κ2) is 5.03. The number of alkyl halides is 2. The van der Waals surface area contributed by atoms with Crippen LogP contribution in [0.2, 0.25) is 0 Å². The number of nitrogens with two attached hydrogens (primary N) is 1. The van der Waals surface area contributed by atoms with Crippen molar-refractivity contribution >= 4 is 17.3 Å². The highest BCUT2D eigenvalue weighted by Crippen LogP contribution is 2.31. The molecule has 0 saturated carbocycles. The number of hydrogen-bond donors (Lipinski definition) is 2. The van der Waals surface area contributed by atoms with Gasteiger partial charge in [0.05, 0.1) is 5.56 Å². The maximum absolute atomic E-state index is 13.1. The molecule has 1 aliphatic rings. The number of nitrogen functional groups attached to an aromatic ring is 1. The van der Waals surface area contributed by atoms with E-state index in [0.717, 1.165) is 5.69 Å². The van der Waals surface area contributed by atoms with Crippen molar-refractivity contribution in [2.75, 3.05) is 30.8 Å². The Labute approximate surface area is 110 Å². The summed E-state index contributed by atoms with van der Waals surface area (Å²) < 4.78 is 26.2. The fourth-order valence-electron chi connectivity index (χ4n) is 2.16. The molecule has 1 heterocycles. The normalized spacial score (nSPS) is 18.2. The summed E-state index contributed by atoms with van der Waals surface area (Å²) in [5.74, 6) is -2.85. The van der Waals surface area contributed by atoms with E-state index in [0.29, 0.717) is 11.3 Å². The summed E-state index contributed by atoms with van der Waals surface area (Å²) in [6.07, 6.45) is -0.320. The second-order valence-corrected chi connectivity index (χ2v) is 4.69. The highest BCUT2D eigenvalue weighted by molar-refractivity contribution is 6.00. The number of benzene rings is 1. The molecule has 0 bridgehead atoms. The summed E-state index contributed by atoms with van der Waals surface area (Å²) >= 11 is 0. The molecule has 1 aromatic carbocycles. The van der Waals surface area contributed by atoms with E-state index in [2.05, 4.69) is 5.32 Å². The van der Waals surface area contributed by atoms with Crippen LogP contribution in [0.1, 0.15) is 23.2 Å². The Kier molecular flexibility index (Phi) is 3.59. The van der Waals surface area contributed by atoms with Crippen LogP contribution in [-0.4, -0.2) is 32.0 Å². The Bertz CT molecular complexity index is 481. The van der Waals surface area contributed by atoms with Crippen molar-refractivity contribution in [1.82, 2.24) is 5.32 Å². The van der Waals surface area contributed by atoms with Gasteiger partial charge < -0.3 is 16.0 Å². The molecule has 1 amide bonds. The molecule has 0 unspecified atom stereocenters. The quantitative estimate of drug-likeness (QED) is 0.806. The van der Waals surface area contributed by atoms with E-state index < -0.39 is 5.92 Å². The van der Waals surface area contributed by atoms with Gasteiger partial charge in [-0.15, -0.1) is 0 Å². The molecule has 1 saturated heterocycles. The van der Waals surface area contributed by atoms with Crippen molar-refractivity contribution in [2.24, 2.45) is 0 Å². The minimum Gasteiger partial charge on any atom is -0.398 e. The predicted molar refractivity (Wildman–Crippen MR) is 70.6 cm³/mol. The largest absolute Gasteiger partial charge is 0.398 e. The highest BCUT2D eigenvalue weighted by Gasteiger charge is 2.34. The van der Waals surface area contributed by atoms with Gasteiger partial charge in [-0.05, 0) is 18.2 Å². The number of nitrogens with one attached hydrogen (secondary N) is 1. The maximum atomic E-state index is 13.1. The summed E-state index contributed by atoms with van der Waals surface area (Å²) in [5, 5.41) is 2.51. The summed E-state index contributed by atoms with van der Waals surface area (Å²) in [6.45, 7) is 0.564. The Morgan fingerprint density at radius 2 is 2.00 bits per heavy atom. The van der Waals surface area contributed by atoms with Crippen LogP contribution in [-0.2, 0) is 0 Å². The fraction of sp³-hybridized carbons (Fsp3) is 0.462. The van der Waals surface area contributed by atoms with E-state index in [1.54, 1.807) is 18.2 Å². The molecule has 0 atom stereocenters. The molecule has 19 heavy (non-hydrogen) atoms. The van der Waals surface area contributed by atoms with Gasteiger partial charge >= 0.3 is 0 Å². The summed E-state index contributed by atoms with van der Waals surface area (Å²) in [7, 11) is 1.52. The summed E-state index contributed by atoms with van der Waals surface area (Å²) in [4.78, 5) is 13.5. The van der Waals surface area contributed by atoms with Gasteiger partial charge in [-0.25, -0.2) is 8.78 Å². The molecule has 1 aromatic rings. The van der Waals surface area contributed by atoms with E-state index in [9.17, 15) is 13.6 Å². The molecule has 104 valence electrons. The molecule has 1 fully saturated rings. The van der Waals surface area contributed by atoms with Gasteiger partial charge in [0.25, 0.3) is 11.8 Å². The third kappa shape index (κ3) is 2.94. The maximum Gasteiger partial charge on any atom is 0.253 e. The van der Waals surface area contributed by atoms with Crippen molar-refractivity contribution in [2.45, 2.75) is 18.8 Å². The molecule has 6 heteroatoms. The van der Waals surface area contributed by atoms with E-state index in [4.69, 9.17) is 5.73 Å². The number of halogens is 2. The minimum absolute atomic E-state index is 0.160. The lowest BCUT2D eigenvalue weighted by molar-refractivity contribution is -0.0220. The first-order chi connectivity index (χ1) is 8.93. The molecular weight excluding hydrogens is 252 g/mol. The van der Waals surface area contributed by atoms with Gasteiger partial charge in [0.15, 0.2) is 0 Å². The van der Waals surface area contributed by atoms with Crippen LogP contribution in [0.15, 0.2) is 18.2 Å². The van der Waals surface area contributed by atoms with Crippen LogP contribution in [0, 0.1) is 0 Å². The van der Waals surface area contributed by atoms with E-state index in [-0.39, 0.29) is 31.8 Å². The first kappa shape index (κ1) is 13.6. The Balaban J connectivity index is 2.20. The number of amides is 1. The number of piperidine rings is 1. The van der Waals surface area contributed by atoms with E-state index in [1.165, 1.54) is 7.05 Å². The van der Waals surface area contributed by atoms with Crippen molar-refractivity contribution in [1.29, 1.82) is 0 Å². The van der Waals surface area contributed by atoms with Crippen LogP contribution in [0.3, 0.4) is 0 Å². The van der Waals surface area contributed by atoms with Gasteiger partial charge in [-0.2, -0.15) is 0 Å². The Hall–Kier alpha value is -1.85. The van der Waals surface area contributed by atoms with Crippen LogP contribution in [0.4, 0.5) is 20.2 Å². The number of rotatable bonds is 2. The smallest absolute Gasteiger partial charge is 0.253 e. The van der Waals surface area contributed by atoms with E-state index >= 15 is 0 Å². The zero-order valence-electron chi connectivity index (χ0n) is 10.7. The number of anilines is 2. The molecule has 4 nitrogen and oxygen atoms in total. The van der Waals surface area contributed by atoms with Gasteiger partial charge in [-0.3, -0.25) is 4.79 Å². The predicted octanol–water partition coefficient (Wildman–Crippen LogP) is 1.86. The van der Waals surface area contributed by atoms with Gasteiger partial charge in [0.2, 0.25) is 0 Å². The molecule has 0 aromatic heterocycles. The lowest BCUT2D eigenvalue weighted by Gasteiger charge is -2.33. The highest BCUT2D eigenvalue weighted by atomic mass is 19.3. The zero-order chi connectivity index (χ0) is 14.0. The molecular formula is C13H17F2N3O. The second-order valence-electron chi connectivity index (χ2n) is 4.69.